The van der Waals surface area contributed by atoms with Gasteiger partial charge in [0.1, 0.15) is 0 Å². The first-order chi connectivity index (χ1) is 8.84. The van der Waals surface area contributed by atoms with E-state index in [2.05, 4.69) is 36.2 Å². The Labute approximate surface area is 115 Å². The molecule has 1 aromatic rings. The highest BCUT2D eigenvalue weighted by Gasteiger charge is 2.26. The smallest absolute Gasteiger partial charge is 0.0108 e. The number of likely N-dealkylation sites (N-methyl/N-ethyl adjacent to an activating group) is 1. The molecular formula is C16H23NS. The first-order valence-corrected chi connectivity index (χ1v) is 8.25. The highest BCUT2D eigenvalue weighted by atomic mass is 32.2. The predicted octanol–water partition coefficient (Wildman–Crippen LogP) is 4.14. The van der Waals surface area contributed by atoms with Crippen molar-refractivity contribution in [2.75, 3.05) is 19.3 Å². The Bertz CT molecular complexity index is 398. The van der Waals surface area contributed by atoms with Gasteiger partial charge in [0.2, 0.25) is 0 Å². The van der Waals surface area contributed by atoms with Crippen molar-refractivity contribution in [3.63, 3.8) is 0 Å². The van der Waals surface area contributed by atoms with E-state index in [1.807, 2.05) is 11.8 Å². The maximum atomic E-state index is 2.63. The summed E-state index contributed by atoms with van der Waals surface area (Å²) in [6.07, 6.45) is 7.15. The van der Waals surface area contributed by atoms with Crippen LogP contribution < -0.4 is 0 Å². The Kier molecular flexibility index (Phi) is 3.95. The van der Waals surface area contributed by atoms with E-state index in [1.165, 1.54) is 49.3 Å². The summed E-state index contributed by atoms with van der Waals surface area (Å²) in [4.78, 5) is 4.14. The number of rotatable bonds is 3. The van der Waals surface area contributed by atoms with Crippen LogP contribution in [0.1, 0.15) is 43.6 Å². The molecule has 1 aliphatic carbocycles. The molecule has 1 heterocycles. The van der Waals surface area contributed by atoms with E-state index in [4.69, 9.17) is 0 Å². The van der Waals surface area contributed by atoms with Gasteiger partial charge in [-0.3, -0.25) is 0 Å². The molecule has 0 aromatic heterocycles. The molecule has 1 atom stereocenters. The molecule has 0 N–H and O–H groups in total. The SMILES string of the molecule is CN(CC1CSc2ccccc21)C1CCCCC1. The van der Waals surface area contributed by atoms with Crippen LogP contribution in [0.25, 0.3) is 0 Å². The van der Waals surface area contributed by atoms with Crippen LogP contribution in [0, 0.1) is 0 Å². The first kappa shape index (κ1) is 12.6. The quantitative estimate of drug-likeness (QED) is 0.804. The Morgan fingerprint density at radius 3 is 2.78 bits per heavy atom. The molecule has 1 unspecified atom stereocenters. The molecule has 0 saturated heterocycles. The van der Waals surface area contributed by atoms with Crippen LogP contribution in [0.15, 0.2) is 29.2 Å². The highest BCUT2D eigenvalue weighted by molar-refractivity contribution is 7.99. The second-order valence-electron chi connectivity index (χ2n) is 5.78. The molecule has 1 aliphatic heterocycles. The van der Waals surface area contributed by atoms with Gasteiger partial charge in [-0.05, 0) is 31.5 Å². The largest absolute Gasteiger partial charge is 0.303 e. The summed E-state index contributed by atoms with van der Waals surface area (Å²) in [6.45, 7) is 1.24. The zero-order valence-electron chi connectivity index (χ0n) is 11.3. The summed E-state index contributed by atoms with van der Waals surface area (Å²) in [6, 6.07) is 9.81. The van der Waals surface area contributed by atoms with Crippen molar-refractivity contribution < 1.29 is 0 Å². The highest BCUT2D eigenvalue weighted by Crippen LogP contribution is 2.40. The molecule has 98 valence electrons. The van der Waals surface area contributed by atoms with Crippen molar-refractivity contribution in [1.29, 1.82) is 0 Å². The van der Waals surface area contributed by atoms with Gasteiger partial charge < -0.3 is 4.90 Å². The Balaban J connectivity index is 1.63. The maximum absolute atomic E-state index is 2.63. The minimum absolute atomic E-state index is 0.748. The molecule has 1 saturated carbocycles. The molecule has 18 heavy (non-hydrogen) atoms. The van der Waals surface area contributed by atoms with E-state index >= 15 is 0 Å². The van der Waals surface area contributed by atoms with Gasteiger partial charge in [0.25, 0.3) is 0 Å². The average Bonchev–Trinajstić information content (AvgIpc) is 2.83. The van der Waals surface area contributed by atoms with Crippen LogP contribution in [-0.4, -0.2) is 30.3 Å². The van der Waals surface area contributed by atoms with Crippen LogP contribution in [0.2, 0.25) is 0 Å². The van der Waals surface area contributed by atoms with Crippen molar-refractivity contribution in [3.05, 3.63) is 29.8 Å². The lowest BCUT2D eigenvalue weighted by atomic mass is 9.93. The third-order valence-electron chi connectivity index (χ3n) is 4.51. The fraction of sp³-hybridized carbons (Fsp3) is 0.625. The number of hydrogen-bond donors (Lipinski definition) is 0. The van der Waals surface area contributed by atoms with E-state index in [-0.39, 0.29) is 0 Å². The normalized spacial score (nSPS) is 24.4. The van der Waals surface area contributed by atoms with E-state index in [0.29, 0.717) is 0 Å². The number of thioether (sulfide) groups is 1. The summed E-state index contributed by atoms with van der Waals surface area (Å²) in [5.74, 6) is 2.02. The summed E-state index contributed by atoms with van der Waals surface area (Å²) < 4.78 is 0. The van der Waals surface area contributed by atoms with Crippen molar-refractivity contribution in [2.24, 2.45) is 0 Å². The summed E-state index contributed by atoms with van der Waals surface area (Å²) >= 11 is 2.04. The van der Waals surface area contributed by atoms with Crippen LogP contribution in [0.4, 0.5) is 0 Å². The monoisotopic (exact) mass is 261 g/mol. The van der Waals surface area contributed by atoms with Gasteiger partial charge in [0.05, 0.1) is 0 Å². The lowest BCUT2D eigenvalue weighted by Crippen LogP contribution is -2.36. The van der Waals surface area contributed by atoms with Crippen molar-refractivity contribution in [1.82, 2.24) is 4.90 Å². The maximum Gasteiger partial charge on any atom is 0.0108 e. The van der Waals surface area contributed by atoms with Crippen molar-refractivity contribution in [3.8, 4) is 0 Å². The lowest BCUT2D eigenvalue weighted by molar-refractivity contribution is 0.185. The summed E-state index contributed by atoms with van der Waals surface area (Å²) in [5, 5.41) is 0. The number of hydrogen-bond acceptors (Lipinski definition) is 2. The van der Waals surface area contributed by atoms with Gasteiger partial charge in [-0.25, -0.2) is 0 Å². The molecule has 1 nitrogen and oxygen atoms in total. The molecule has 0 bridgehead atoms. The number of benzene rings is 1. The van der Waals surface area contributed by atoms with E-state index in [0.717, 1.165) is 12.0 Å². The van der Waals surface area contributed by atoms with Gasteiger partial charge in [-0.2, -0.15) is 0 Å². The third-order valence-corrected chi connectivity index (χ3v) is 5.76. The van der Waals surface area contributed by atoms with E-state index in [1.54, 1.807) is 5.56 Å². The van der Waals surface area contributed by atoms with Gasteiger partial charge in [-0.1, -0.05) is 37.5 Å². The predicted molar refractivity (Wildman–Crippen MR) is 79.4 cm³/mol. The molecule has 1 fully saturated rings. The minimum Gasteiger partial charge on any atom is -0.303 e. The van der Waals surface area contributed by atoms with Crippen molar-refractivity contribution >= 4 is 11.8 Å². The molecule has 2 aliphatic rings. The molecule has 0 amide bonds. The molecular weight excluding hydrogens is 238 g/mol. The molecule has 0 spiro atoms. The fourth-order valence-corrected chi connectivity index (χ4v) is 4.64. The zero-order valence-corrected chi connectivity index (χ0v) is 12.1. The second-order valence-corrected chi connectivity index (χ2v) is 6.84. The van der Waals surface area contributed by atoms with Crippen LogP contribution >= 0.6 is 11.8 Å². The standard InChI is InChI=1S/C16H23NS/c1-17(14-7-3-2-4-8-14)11-13-12-18-16-10-6-5-9-15(13)16/h5-6,9-10,13-14H,2-4,7-8,11-12H2,1H3. The number of nitrogens with zero attached hydrogens (tertiary/aromatic N) is 1. The number of fused-ring (bicyclic) bond motifs is 1. The molecule has 1 aromatic carbocycles. The zero-order chi connectivity index (χ0) is 12.4. The first-order valence-electron chi connectivity index (χ1n) is 7.26. The van der Waals surface area contributed by atoms with Crippen LogP contribution in [0.5, 0.6) is 0 Å². The Morgan fingerprint density at radius 1 is 1.17 bits per heavy atom. The topological polar surface area (TPSA) is 3.24 Å². The van der Waals surface area contributed by atoms with Gasteiger partial charge >= 0.3 is 0 Å². The van der Waals surface area contributed by atoms with E-state index in [9.17, 15) is 0 Å². The lowest BCUT2D eigenvalue weighted by Gasteiger charge is -2.33. The molecule has 3 rings (SSSR count). The van der Waals surface area contributed by atoms with Gasteiger partial charge in [0.15, 0.2) is 0 Å². The average molecular weight is 261 g/mol. The van der Waals surface area contributed by atoms with Gasteiger partial charge in [0, 0.05) is 29.2 Å². The Morgan fingerprint density at radius 2 is 1.94 bits per heavy atom. The summed E-state index contributed by atoms with van der Waals surface area (Å²) in [5.41, 5.74) is 1.59. The van der Waals surface area contributed by atoms with Crippen molar-refractivity contribution in [2.45, 2.75) is 49.0 Å². The van der Waals surface area contributed by atoms with Gasteiger partial charge in [-0.15, -0.1) is 11.8 Å². The Hall–Kier alpha value is -0.470. The third kappa shape index (κ3) is 2.60. The molecule has 2 heteroatoms. The minimum atomic E-state index is 0.748. The second kappa shape index (κ2) is 5.66. The van der Waals surface area contributed by atoms with E-state index < -0.39 is 0 Å². The fourth-order valence-electron chi connectivity index (χ4n) is 3.40. The van der Waals surface area contributed by atoms with Crippen LogP contribution in [0.3, 0.4) is 0 Å². The molecule has 0 radical (unpaired) electrons. The summed E-state index contributed by atoms with van der Waals surface area (Å²) in [7, 11) is 2.33. The van der Waals surface area contributed by atoms with Crippen LogP contribution in [-0.2, 0) is 0 Å².